The monoisotopic (exact) mass is 450 g/mol. The lowest BCUT2D eigenvalue weighted by atomic mass is 9.83. The van der Waals surface area contributed by atoms with E-state index < -0.39 is 10.0 Å². The zero-order valence-electron chi connectivity index (χ0n) is 17.6. The van der Waals surface area contributed by atoms with Gasteiger partial charge in [0.1, 0.15) is 6.33 Å². The number of nitrogens with zero attached hydrogens (tertiary/aromatic N) is 3. The molecule has 1 saturated heterocycles. The first-order chi connectivity index (χ1) is 15.0. The van der Waals surface area contributed by atoms with Crippen molar-refractivity contribution in [2.75, 3.05) is 19.8 Å². The zero-order valence-corrected chi connectivity index (χ0v) is 18.4. The van der Waals surface area contributed by atoms with Gasteiger partial charge in [-0.2, -0.15) is 0 Å². The van der Waals surface area contributed by atoms with Gasteiger partial charge in [0.25, 0.3) is 5.91 Å². The molecule has 2 bridgehead atoms. The van der Waals surface area contributed by atoms with E-state index in [2.05, 4.69) is 14.7 Å². The molecule has 3 aliphatic heterocycles. The number of carbonyl (C=O) groups excluding carboxylic acids is 1. The highest BCUT2D eigenvalue weighted by molar-refractivity contribution is 7.90. The van der Waals surface area contributed by atoms with Gasteiger partial charge in [0.15, 0.2) is 6.61 Å². The summed E-state index contributed by atoms with van der Waals surface area (Å²) in [5.41, 5.74) is 0.957. The van der Waals surface area contributed by atoms with Crippen LogP contribution in [-0.4, -0.2) is 72.4 Å². The fraction of sp³-hybridized carbons (Fsp3) is 0.762. The van der Waals surface area contributed by atoms with Gasteiger partial charge in [-0.05, 0) is 57.3 Å². The number of amides is 1. The predicted octanol–water partition coefficient (Wildman–Crippen LogP) is 1.35. The van der Waals surface area contributed by atoms with Crippen molar-refractivity contribution < 1.29 is 22.7 Å². The Balaban J connectivity index is 1.40. The van der Waals surface area contributed by atoms with Gasteiger partial charge in [-0.25, -0.2) is 23.1 Å². The van der Waals surface area contributed by atoms with Gasteiger partial charge in [-0.1, -0.05) is 0 Å². The quantitative estimate of drug-likeness (QED) is 0.740. The summed E-state index contributed by atoms with van der Waals surface area (Å²) in [6, 6.07) is -0.666. The minimum atomic E-state index is -3.35. The Bertz CT molecular complexity index is 914. The molecule has 6 rings (SSSR count). The lowest BCUT2D eigenvalue weighted by Crippen LogP contribution is -2.60. The Morgan fingerprint density at radius 3 is 2.68 bits per heavy atom. The van der Waals surface area contributed by atoms with E-state index in [1.54, 1.807) is 11.1 Å². The maximum absolute atomic E-state index is 13.1. The van der Waals surface area contributed by atoms with Crippen LogP contribution in [0.1, 0.15) is 62.8 Å². The molecule has 10 heteroatoms. The molecule has 0 radical (unpaired) electrons. The molecule has 2 aliphatic carbocycles. The topological polar surface area (TPSA) is 111 Å². The number of fused-ring (bicyclic) bond motifs is 5. The lowest BCUT2D eigenvalue weighted by Gasteiger charge is -2.42. The number of hydrogen-bond donors (Lipinski definition) is 1. The standard InChI is InChI=1S/C21H30N4O5S/c26-20-12-30-21-17(10-22-13-23-21)14-3-5-15(6-4-14)29-11-19-18(2-1-9-25(19)20)24-31(27,28)16-7-8-16/h10,13-16,18-19,24H,1-9,11-12H2/t14?,15?,18-,19-/m0/s1. The van der Waals surface area contributed by atoms with Crippen molar-refractivity contribution in [2.24, 2.45) is 0 Å². The molecule has 2 atom stereocenters. The van der Waals surface area contributed by atoms with E-state index in [1.807, 2.05) is 0 Å². The van der Waals surface area contributed by atoms with Gasteiger partial charge in [0, 0.05) is 24.3 Å². The van der Waals surface area contributed by atoms with Crippen molar-refractivity contribution in [1.29, 1.82) is 0 Å². The molecule has 2 saturated carbocycles. The van der Waals surface area contributed by atoms with Crippen molar-refractivity contribution in [1.82, 2.24) is 19.6 Å². The number of sulfonamides is 1. The molecule has 1 amide bonds. The van der Waals surface area contributed by atoms with Crippen LogP contribution in [0, 0.1) is 0 Å². The molecule has 1 N–H and O–H groups in total. The Hall–Kier alpha value is -1.78. The van der Waals surface area contributed by atoms with Crippen molar-refractivity contribution in [2.45, 2.75) is 80.7 Å². The Morgan fingerprint density at radius 1 is 1.10 bits per heavy atom. The minimum absolute atomic E-state index is 0.116. The number of ether oxygens (including phenoxy) is 2. The van der Waals surface area contributed by atoms with Crippen LogP contribution < -0.4 is 9.46 Å². The van der Waals surface area contributed by atoms with Crippen LogP contribution in [0.3, 0.4) is 0 Å². The number of carbonyl (C=O) groups is 1. The summed E-state index contributed by atoms with van der Waals surface area (Å²) >= 11 is 0. The Kier molecular flexibility index (Phi) is 5.87. The number of rotatable bonds is 3. The van der Waals surface area contributed by atoms with Crippen molar-refractivity contribution in [3.05, 3.63) is 18.1 Å². The molecule has 3 fully saturated rings. The van der Waals surface area contributed by atoms with Gasteiger partial charge < -0.3 is 14.4 Å². The highest BCUT2D eigenvalue weighted by Gasteiger charge is 2.42. The van der Waals surface area contributed by atoms with Crippen LogP contribution in [0.2, 0.25) is 0 Å². The molecule has 1 aromatic rings. The van der Waals surface area contributed by atoms with Gasteiger partial charge in [-0.15, -0.1) is 0 Å². The van der Waals surface area contributed by atoms with Crippen molar-refractivity contribution in [3.63, 3.8) is 0 Å². The smallest absolute Gasteiger partial charge is 0.260 e. The van der Waals surface area contributed by atoms with Gasteiger partial charge >= 0.3 is 0 Å². The van der Waals surface area contributed by atoms with E-state index in [1.165, 1.54) is 6.33 Å². The summed E-state index contributed by atoms with van der Waals surface area (Å²) in [6.45, 7) is 0.784. The van der Waals surface area contributed by atoms with E-state index in [0.29, 0.717) is 44.2 Å². The van der Waals surface area contributed by atoms with Crippen LogP contribution in [0.4, 0.5) is 0 Å². The largest absolute Gasteiger partial charge is 0.467 e. The Labute approximate surface area is 183 Å². The van der Waals surface area contributed by atoms with Crippen LogP contribution in [-0.2, 0) is 19.6 Å². The fourth-order valence-electron chi connectivity index (χ4n) is 5.11. The minimum Gasteiger partial charge on any atom is -0.467 e. The highest BCUT2D eigenvalue weighted by atomic mass is 32.2. The summed E-state index contributed by atoms with van der Waals surface area (Å²) in [4.78, 5) is 23.3. The summed E-state index contributed by atoms with van der Waals surface area (Å²) in [6.07, 6.45) is 9.96. The number of piperidine rings is 1. The van der Waals surface area contributed by atoms with E-state index >= 15 is 0 Å². The third-order valence-corrected chi connectivity index (χ3v) is 9.01. The third kappa shape index (κ3) is 4.56. The SMILES string of the molecule is O=C1COc2ncncc2C2CCC(CC2)OC[C@H]2[C@@H](NS(=O)(=O)C3CC3)CCCN12. The normalized spacial score (nSPS) is 32.1. The molecule has 170 valence electrons. The van der Waals surface area contributed by atoms with E-state index in [9.17, 15) is 13.2 Å². The molecular weight excluding hydrogens is 420 g/mol. The van der Waals surface area contributed by atoms with Crippen molar-refractivity contribution in [3.8, 4) is 5.88 Å². The first-order valence-corrected chi connectivity index (χ1v) is 12.9. The molecule has 0 aromatic carbocycles. The first-order valence-electron chi connectivity index (χ1n) is 11.4. The maximum atomic E-state index is 13.1. The molecule has 0 unspecified atom stereocenters. The highest BCUT2D eigenvalue weighted by Crippen LogP contribution is 2.38. The summed E-state index contributed by atoms with van der Waals surface area (Å²) in [7, 11) is -3.35. The molecule has 31 heavy (non-hydrogen) atoms. The second-order valence-corrected chi connectivity index (χ2v) is 11.1. The average molecular weight is 451 g/mol. The van der Waals surface area contributed by atoms with Crippen LogP contribution in [0.5, 0.6) is 5.88 Å². The van der Waals surface area contributed by atoms with Crippen molar-refractivity contribution >= 4 is 15.9 Å². The van der Waals surface area contributed by atoms with Gasteiger partial charge in [0.2, 0.25) is 15.9 Å². The molecule has 4 heterocycles. The molecule has 5 aliphatic rings. The van der Waals surface area contributed by atoms with Gasteiger partial charge in [-0.3, -0.25) is 4.79 Å². The lowest BCUT2D eigenvalue weighted by molar-refractivity contribution is -0.140. The second-order valence-electron chi connectivity index (χ2n) is 9.14. The number of nitrogens with one attached hydrogen (secondary N) is 1. The van der Waals surface area contributed by atoms with Gasteiger partial charge in [0.05, 0.1) is 24.0 Å². The molecule has 1 aromatic heterocycles. The van der Waals surface area contributed by atoms with E-state index in [-0.39, 0.29) is 36.0 Å². The second kappa shape index (κ2) is 8.63. The molecule has 0 spiro atoms. The Morgan fingerprint density at radius 2 is 1.90 bits per heavy atom. The van der Waals surface area contributed by atoms with Crippen LogP contribution in [0.25, 0.3) is 0 Å². The maximum Gasteiger partial charge on any atom is 0.260 e. The van der Waals surface area contributed by atoms with Crippen LogP contribution in [0.15, 0.2) is 12.5 Å². The summed E-state index contributed by atoms with van der Waals surface area (Å²) in [5, 5.41) is -0.288. The molecule has 9 nitrogen and oxygen atoms in total. The predicted molar refractivity (Wildman–Crippen MR) is 112 cm³/mol. The first kappa shape index (κ1) is 21.1. The summed E-state index contributed by atoms with van der Waals surface area (Å²) in [5.74, 6) is 0.610. The zero-order chi connectivity index (χ0) is 21.4. The van der Waals surface area contributed by atoms with Crippen LogP contribution >= 0.6 is 0 Å². The molecular formula is C21H30N4O5S. The average Bonchev–Trinajstić information content (AvgIpc) is 3.63. The van der Waals surface area contributed by atoms with E-state index in [4.69, 9.17) is 9.47 Å². The number of hydrogen-bond acceptors (Lipinski definition) is 7. The van der Waals surface area contributed by atoms with E-state index in [0.717, 1.165) is 37.7 Å². The summed E-state index contributed by atoms with van der Waals surface area (Å²) < 4.78 is 40.3. The third-order valence-electron chi connectivity index (χ3n) is 7.03. The number of aromatic nitrogens is 2. The fourth-order valence-corrected chi connectivity index (χ4v) is 6.76.